The van der Waals surface area contributed by atoms with Crippen molar-refractivity contribution in [3.8, 4) is 0 Å². The molecule has 1 unspecified atom stereocenters. The third kappa shape index (κ3) is 29.9. The Morgan fingerprint density at radius 3 is 1.70 bits per heavy atom. The predicted molar refractivity (Wildman–Crippen MR) is 181 cm³/mol. The van der Waals surface area contributed by atoms with Crippen LogP contribution in [0.15, 0.2) is 11.6 Å². The van der Waals surface area contributed by atoms with Crippen LogP contribution >= 0.6 is 0 Å². The number of hydrogen-bond donors (Lipinski definition) is 0. The predicted octanol–water partition coefficient (Wildman–Crippen LogP) is 10.4. The topological polar surface area (TPSA) is 85.3 Å². The molecule has 3 aliphatic rings. The molecule has 0 aromatic carbocycles. The Morgan fingerprint density at radius 2 is 1.37 bits per heavy atom. The van der Waals surface area contributed by atoms with Gasteiger partial charge < -0.3 is 9.59 Å². The molecule has 2 fully saturated rings. The first-order valence-electron chi connectivity index (χ1n) is 17.0. The van der Waals surface area contributed by atoms with E-state index in [1.807, 2.05) is 6.92 Å². The lowest BCUT2D eigenvalue weighted by Gasteiger charge is -2.32. The molecule has 0 saturated heterocycles. The van der Waals surface area contributed by atoms with E-state index < -0.39 is 0 Å². The van der Waals surface area contributed by atoms with Gasteiger partial charge >= 0.3 is 0 Å². The number of allylic oxidation sites excluding steroid dienone is 2. The maximum absolute atomic E-state index is 11.1. The summed E-state index contributed by atoms with van der Waals surface area (Å²) in [6.45, 7) is 22.5. The zero-order chi connectivity index (χ0) is 33.6. The Hall–Kier alpha value is -1.91. The number of ketones is 5. The molecule has 0 amide bonds. The Balaban J connectivity index is 0. The minimum Gasteiger partial charge on any atom is -0.300 e. The summed E-state index contributed by atoms with van der Waals surface area (Å²) in [5.74, 6) is 3.09. The first-order valence-corrected chi connectivity index (χ1v) is 17.0. The van der Waals surface area contributed by atoms with Crippen molar-refractivity contribution in [1.82, 2.24) is 0 Å². The van der Waals surface area contributed by atoms with Gasteiger partial charge in [0, 0.05) is 44.9 Å². The molecule has 0 spiro atoms. The van der Waals surface area contributed by atoms with Crippen LogP contribution in [0.5, 0.6) is 0 Å². The molecule has 0 bridgehead atoms. The van der Waals surface area contributed by atoms with Gasteiger partial charge in [-0.2, -0.15) is 0 Å². The van der Waals surface area contributed by atoms with Crippen LogP contribution in [-0.2, 0) is 24.0 Å². The van der Waals surface area contributed by atoms with E-state index in [1.54, 1.807) is 19.9 Å². The lowest BCUT2D eigenvalue weighted by atomic mass is 9.72. The molecular formula is C38H68O5. The summed E-state index contributed by atoms with van der Waals surface area (Å²) in [7, 11) is 0. The molecular weight excluding hydrogens is 536 g/mol. The minimum absolute atomic E-state index is 0.204. The largest absolute Gasteiger partial charge is 0.300 e. The first kappa shape index (κ1) is 43.2. The third-order valence-electron chi connectivity index (χ3n) is 7.59. The molecule has 250 valence electrons. The van der Waals surface area contributed by atoms with E-state index >= 15 is 0 Å². The molecule has 5 heteroatoms. The summed E-state index contributed by atoms with van der Waals surface area (Å²) in [4.78, 5) is 53.2. The van der Waals surface area contributed by atoms with E-state index in [4.69, 9.17) is 0 Å². The van der Waals surface area contributed by atoms with Crippen LogP contribution in [0.1, 0.15) is 179 Å². The van der Waals surface area contributed by atoms with Crippen LogP contribution in [0, 0.1) is 22.7 Å². The van der Waals surface area contributed by atoms with Gasteiger partial charge in [0.25, 0.3) is 0 Å². The van der Waals surface area contributed by atoms with E-state index in [2.05, 4.69) is 55.4 Å². The third-order valence-corrected chi connectivity index (χ3v) is 7.59. The Morgan fingerprint density at radius 1 is 0.814 bits per heavy atom. The van der Waals surface area contributed by atoms with E-state index in [0.29, 0.717) is 41.4 Å². The SMILES string of the molecule is CC(=O)CCC(C)C.CC1=CC(=O)CC(C)(C)C1.CC1CC(=O)CC(C)(C)C1.CCCCCC(C)=O.O=C1CCCCC1. The van der Waals surface area contributed by atoms with Crippen molar-refractivity contribution >= 4 is 28.9 Å². The molecule has 1 atom stereocenters. The van der Waals surface area contributed by atoms with Gasteiger partial charge in [-0.3, -0.25) is 14.4 Å². The van der Waals surface area contributed by atoms with Crippen molar-refractivity contribution in [3.05, 3.63) is 11.6 Å². The van der Waals surface area contributed by atoms with Crippen molar-refractivity contribution in [2.75, 3.05) is 0 Å². The van der Waals surface area contributed by atoms with Gasteiger partial charge in [0.15, 0.2) is 5.78 Å². The highest BCUT2D eigenvalue weighted by Crippen LogP contribution is 2.36. The molecule has 0 N–H and O–H groups in total. The maximum atomic E-state index is 11.1. The number of carbonyl (C=O) groups excluding carboxylic acids is 5. The fourth-order valence-electron chi connectivity index (χ4n) is 5.81. The summed E-state index contributed by atoms with van der Waals surface area (Å²) >= 11 is 0. The van der Waals surface area contributed by atoms with E-state index in [-0.39, 0.29) is 16.6 Å². The van der Waals surface area contributed by atoms with Crippen molar-refractivity contribution in [1.29, 1.82) is 0 Å². The molecule has 0 aliphatic heterocycles. The standard InChI is InChI=1S/C9H16O.C9H14O.2C7H14O.C6H10O/c2*1-7-4-8(10)6-9(2,3)5-7;1-6(2)4-5-7(3)8;1-3-4-5-6-7(2)8;7-6-4-2-1-3-5-6/h7H,4-6H2,1-3H3;4H,5-6H2,1-3H3;6H,4-5H2,1-3H3;3-6H2,1-2H3;1-5H2. The minimum atomic E-state index is 0.204. The first-order chi connectivity index (χ1) is 19.8. The highest BCUT2D eigenvalue weighted by molar-refractivity contribution is 5.91. The molecule has 0 heterocycles. The van der Waals surface area contributed by atoms with Gasteiger partial charge in [0.05, 0.1) is 0 Å². The van der Waals surface area contributed by atoms with Gasteiger partial charge in [0.2, 0.25) is 0 Å². The van der Waals surface area contributed by atoms with Crippen molar-refractivity contribution in [2.24, 2.45) is 22.7 Å². The molecule has 5 nitrogen and oxygen atoms in total. The van der Waals surface area contributed by atoms with Gasteiger partial charge in [-0.05, 0) is 88.0 Å². The molecule has 3 aliphatic carbocycles. The van der Waals surface area contributed by atoms with Crippen molar-refractivity contribution < 1.29 is 24.0 Å². The zero-order valence-electron chi connectivity index (χ0n) is 30.1. The van der Waals surface area contributed by atoms with Crippen LogP contribution in [-0.4, -0.2) is 28.9 Å². The molecule has 3 rings (SSSR count). The number of unbranched alkanes of at least 4 members (excludes halogenated alkanes) is 2. The van der Waals surface area contributed by atoms with Crippen LogP contribution in [0.3, 0.4) is 0 Å². The van der Waals surface area contributed by atoms with Gasteiger partial charge in [-0.25, -0.2) is 0 Å². The summed E-state index contributed by atoms with van der Waals surface area (Å²) in [6.07, 6.45) is 17.6. The van der Waals surface area contributed by atoms with Crippen LogP contribution in [0.2, 0.25) is 0 Å². The van der Waals surface area contributed by atoms with E-state index in [1.165, 1.54) is 31.3 Å². The second-order valence-electron chi connectivity index (χ2n) is 15.3. The molecule has 0 aromatic heterocycles. The summed E-state index contributed by atoms with van der Waals surface area (Å²) in [5.41, 5.74) is 1.70. The number of rotatable bonds is 7. The quantitative estimate of drug-likeness (QED) is 0.270. The number of hydrogen-bond acceptors (Lipinski definition) is 5. The Kier molecular flexibility index (Phi) is 23.6. The normalized spacial score (nSPS) is 20.4. The van der Waals surface area contributed by atoms with E-state index in [9.17, 15) is 24.0 Å². The molecule has 0 radical (unpaired) electrons. The second kappa shape index (κ2) is 23.5. The van der Waals surface area contributed by atoms with Crippen molar-refractivity contribution in [3.63, 3.8) is 0 Å². The highest BCUT2D eigenvalue weighted by atomic mass is 16.1. The van der Waals surface area contributed by atoms with Gasteiger partial charge in [-0.15, -0.1) is 0 Å². The lowest BCUT2D eigenvalue weighted by molar-refractivity contribution is -0.124. The smallest absolute Gasteiger partial charge is 0.156 e. The van der Waals surface area contributed by atoms with Crippen molar-refractivity contribution in [2.45, 2.75) is 179 Å². The second-order valence-corrected chi connectivity index (χ2v) is 15.3. The van der Waals surface area contributed by atoms with Crippen LogP contribution in [0.25, 0.3) is 0 Å². The average Bonchev–Trinajstić information content (AvgIpc) is 2.82. The average molecular weight is 605 g/mol. The summed E-state index contributed by atoms with van der Waals surface area (Å²) in [6, 6.07) is 0. The van der Waals surface area contributed by atoms with Crippen LogP contribution in [0.4, 0.5) is 0 Å². The summed E-state index contributed by atoms with van der Waals surface area (Å²) in [5, 5.41) is 0. The molecule has 43 heavy (non-hydrogen) atoms. The Labute approximate surface area is 265 Å². The maximum Gasteiger partial charge on any atom is 0.156 e. The fraction of sp³-hybridized carbons (Fsp3) is 0.816. The number of Topliss-reactive ketones (excluding diaryl/α,β-unsaturated/α-hetero) is 4. The van der Waals surface area contributed by atoms with Gasteiger partial charge in [-0.1, -0.05) is 80.2 Å². The zero-order valence-corrected chi connectivity index (χ0v) is 30.1. The lowest BCUT2D eigenvalue weighted by Crippen LogP contribution is -2.27. The highest BCUT2D eigenvalue weighted by Gasteiger charge is 2.30. The summed E-state index contributed by atoms with van der Waals surface area (Å²) < 4.78 is 0. The molecule has 0 aromatic rings. The fourth-order valence-corrected chi connectivity index (χ4v) is 5.81. The van der Waals surface area contributed by atoms with E-state index in [0.717, 1.165) is 70.6 Å². The molecule has 2 saturated carbocycles. The monoisotopic (exact) mass is 605 g/mol. The number of carbonyl (C=O) groups is 5. The van der Waals surface area contributed by atoms with Crippen LogP contribution < -0.4 is 0 Å². The Bertz CT molecular complexity index is 867. The van der Waals surface area contributed by atoms with Gasteiger partial charge in [0.1, 0.15) is 23.1 Å².